The van der Waals surface area contributed by atoms with Gasteiger partial charge in [-0.2, -0.15) is 0 Å². The van der Waals surface area contributed by atoms with E-state index in [4.69, 9.17) is 11.6 Å². The van der Waals surface area contributed by atoms with Crippen molar-refractivity contribution in [2.24, 2.45) is 0 Å². The lowest BCUT2D eigenvalue weighted by Crippen LogP contribution is -2.20. The highest BCUT2D eigenvalue weighted by atomic mass is 35.5. The average Bonchev–Trinajstić information content (AvgIpc) is 2.31. The van der Waals surface area contributed by atoms with Crippen LogP contribution in [-0.4, -0.2) is 5.11 Å². The number of alkyl halides is 1. The summed E-state index contributed by atoms with van der Waals surface area (Å²) in [6.45, 7) is 0. The number of allylic oxidation sites excluding steroid dienone is 2. The van der Waals surface area contributed by atoms with Gasteiger partial charge in [0, 0.05) is 5.56 Å². The van der Waals surface area contributed by atoms with E-state index in [0.717, 1.165) is 18.4 Å². The molecule has 2 heteroatoms. The van der Waals surface area contributed by atoms with Gasteiger partial charge in [-0.05, 0) is 18.4 Å². The molecule has 1 atom stereocenters. The number of halogens is 1. The van der Waals surface area contributed by atoms with E-state index in [1.165, 1.54) is 0 Å². The molecule has 15 heavy (non-hydrogen) atoms. The number of hydrogen-bond acceptors (Lipinski definition) is 1. The molecule has 1 aliphatic rings. The summed E-state index contributed by atoms with van der Waals surface area (Å²) in [5.41, 5.74) is 1.48. The van der Waals surface area contributed by atoms with Crippen LogP contribution in [0.2, 0.25) is 0 Å². The van der Waals surface area contributed by atoms with Gasteiger partial charge in [-0.25, -0.2) is 0 Å². The van der Waals surface area contributed by atoms with E-state index in [9.17, 15) is 5.11 Å². The monoisotopic (exact) mass is 220 g/mol. The quantitative estimate of drug-likeness (QED) is 0.758. The van der Waals surface area contributed by atoms with E-state index < -0.39 is 5.06 Å². The van der Waals surface area contributed by atoms with Crippen molar-refractivity contribution in [1.82, 2.24) is 0 Å². The van der Waals surface area contributed by atoms with Crippen molar-refractivity contribution in [3.63, 3.8) is 0 Å². The first-order chi connectivity index (χ1) is 7.21. The SMILES string of the molecule is OC(Cl)(C1=CCCC=C1)c1ccccc1. The van der Waals surface area contributed by atoms with Gasteiger partial charge in [0.1, 0.15) is 0 Å². The number of benzene rings is 1. The molecule has 1 nitrogen and oxygen atoms in total. The maximum atomic E-state index is 10.3. The third-order valence-electron chi connectivity index (χ3n) is 2.53. The summed E-state index contributed by atoms with van der Waals surface area (Å²) < 4.78 is 0. The minimum atomic E-state index is -1.39. The van der Waals surface area contributed by atoms with Gasteiger partial charge in [-0.1, -0.05) is 60.2 Å². The summed E-state index contributed by atoms with van der Waals surface area (Å²) in [6.07, 6.45) is 7.87. The van der Waals surface area contributed by atoms with E-state index in [-0.39, 0.29) is 0 Å². The molecular weight excluding hydrogens is 208 g/mol. The molecule has 1 aromatic rings. The van der Waals surface area contributed by atoms with Crippen LogP contribution in [0.15, 0.2) is 54.1 Å². The molecule has 0 aliphatic heterocycles. The van der Waals surface area contributed by atoms with E-state index in [2.05, 4.69) is 0 Å². The van der Waals surface area contributed by atoms with Crippen LogP contribution in [0.1, 0.15) is 18.4 Å². The molecule has 0 heterocycles. The second-order valence-corrected chi connectivity index (χ2v) is 4.17. The Hall–Kier alpha value is -1.05. The molecule has 0 fully saturated rings. The molecule has 1 aromatic carbocycles. The Morgan fingerprint density at radius 3 is 2.47 bits per heavy atom. The zero-order valence-electron chi connectivity index (χ0n) is 8.36. The molecular formula is C13H13ClO. The number of hydrogen-bond donors (Lipinski definition) is 1. The van der Waals surface area contributed by atoms with Crippen molar-refractivity contribution in [3.05, 3.63) is 59.7 Å². The Kier molecular flexibility index (Phi) is 2.94. The van der Waals surface area contributed by atoms with Gasteiger partial charge < -0.3 is 5.11 Å². The van der Waals surface area contributed by atoms with Gasteiger partial charge in [0.2, 0.25) is 0 Å². The smallest absolute Gasteiger partial charge is 0.190 e. The molecule has 0 bridgehead atoms. The first-order valence-electron chi connectivity index (χ1n) is 5.05. The van der Waals surface area contributed by atoms with Gasteiger partial charge in [0.25, 0.3) is 0 Å². The second-order valence-electron chi connectivity index (χ2n) is 3.63. The van der Waals surface area contributed by atoms with Crippen LogP contribution in [0.25, 0.3) is 0 Å². The van der Waals surface area contributed by atoms with E-state index in [0.29, 0.717) is 5.56 Å². The van der Waals surface area contributed by atoms with Crippen LogP contribution in [0.5, 0.6) is 0 Å². The van der Waals surface area contributed by atoms with Crippen molar-refractivity contribution >= 4 is 11.6 Å². The molecule has 0 radical (unpaired) electrons. The lowest BCUT2D eigenvalue weighted by Gasteiger charge is -2.24. The summed E-state index contributed by atoms with van der Waals surface area (Å²) in [6, 6.07) is 9.31. The fraction of sp³-hybridized carbons (Fsp3) is 0.231. The summed E-state index contributed by atoms with van der Waals surface area (Å²) in [5, 5.41) is 8.87. The molecule has 0 aromatic heterocycles. The van der Waals surface area contributed by atoms with Crippen LogP contribution in [-0.2, 0) is 5.06 Å². The van der Waals surface area contributed by atoms with E-state index in [1.54, 1.807) is 0 Å². The molecule has 0 amide bonds. The van der Waals surface area contributed by atoms with Crippen molar-refractivity contribution in [3.8, 4) is 0 Å². The third kappa shape index (κ3) is 2.14. The summed E-state index contributed by atoms with van der Waals surface area (Å²) in [5.74, 6) is 0. The van der Waals surface area contributed by atoms with Crippen LogP contribution < -0.4 is 0 Å². The topological polar surface area (TPSA) is 20.2 Å². The lowest BCUT2D eigenvalue weighted by molar-refractivity contribution is 0.171. The molecule has 1 unspecified atom stereocenters. The van der Waals surface area contributed by atoms with E-state index >= 15 is 0 Å². The fourth-order valence-electron chi connectivity index (χ4n) is 1.68. The maximum Gasteiger partial charge on any atom is 0.190 e. The average molecular weight is 221 g/mol. The predicted molar refractivity (Wildman–Crippen MR) is 62.6 cm³/mol. The largest absolute Gasteiger partial charge is 0.367 e. The molecule has 0 spiro atoms. The Morgan fingerprint density at radius 2 is 1.87 bits per heavy atom. The van der Waals surface area contributed by atoms with Crippen molar-refractivity contribution in [2.45, 2.75) is 17.9 Å². The van der Waals surface area contributed by atoms with Crippen LogP contribution >= 0.6 is 11.6 Å². The summed E-state index contributed by atoms with van der Waals surface area (Å²) >= 11 is 6.18. The number of aliphatic hydroxyl groups is 1. The van der Waals surface area contributed by atoms with Gasteiger partial charge in [0.15, 0.2) is 5.06 Å². The Balaban J connectivity index is 2.34. The summed E-state index contributed by atoms with van der Waals surface area (Å²) in [7, 11) is 0. The van der Waals surface area contributed by atoms with Gasteiger partial charge in [0.05, 0.1) is 0 Å². The zero-order chi connectivity index (χ0) is 10.7. The van der Waals surface area contributed by atoms with Crippen molar-refractivity contribution in [2.75, 3.05) is 0 Å². The maximum absolute atomic E-state index is 10.3. The lowest BCUT2D eigenvalue weighted by atomic mass is 9.96. The highest BCUT2D eigenvalue weighted by Crippen LogP contribution is 2.36. The highest BCUT2D eigenvalue weighted by molar-refractivity contribution is 6.25. The summed E-state index contributed by atoms with van der Waals surface area (Å²) in [4.78, 5) is 0. The van der Waals surface area contributed by atoms with Crippen LogP contribution in [0, 0.1) is 0 Å². The van der Waals surface area contributed by atoms with Crippen molar-refractivity contribution < 1.29 is 5.11 Å². The Labute approximate surface area is 94.7 Å². The first kappa shape index (κ1) is 10.5. The zero-order valence-corrected chi connectivity index (χ0v) is 9.11. The third-order valence-corrected chi connectivity index (χ3v) is 2.97. The van der Waals surface area contributed by atoms with Crippen LogP contribution in [0.4, 0.5) is 0 Å². The number of rotatable bonds is 2. The second kappa shape index (κ2) is 4.21. The Bertz CT molecular complexity index is 390. The van der Waals surface area contributed by atoms with Crippen molar-refractivity contribution in [1.29, 1.82) is 0 Å². The minimum Gasteiger partial charge on any atom is -0.367 e. The predicted octanol–water partition coefficient (Wildman–Crippen LogP) is 3.35. The molecule has 1 N–H and O–H groups in total. The molecule has 78 valence electrons. The highest BCUT2D eigenvalue weighted by Gasteiger charge is 2.29. The van der Waals surface area contributed by atoms with E-state index in [1.807, 2.05) is 48.6 Å². The first-order valence-corrected chi connectivity index (χ1v) is 5.43. The Morgan fingerprint density at radius 1 is 1.13 bits per heavy atom. The van der Waals surface area contributed by atoms with Gasteiger partial charge in [-0.15, -0.1) is 0 Å². The standard InChI is InChI=1S/C13H13ClO/c14-13(15,11-7-3-1-4-8-11)12-9-5-2-6-10-12/h1,3-5,7-10,15H,2,6H2. The van der Waals surface area contributed by atoms with Gasteiger partial charge in [-0.3, -0.25) is 0 Å². The normalized spacial score (nSPS) is 19.5. The molecule has 0 saturated carbocycles. The molecule has 1 aliphatic carbocycles. The fourth-order valence-corrected chi connectivity index (χ4v) is 1.95. The molecule has 0 saturated heterocycles. The van der Waals surface area contributed by atoms with Crippen LogP contribution in [0.3, 0.4) is 0 Å². The van der Waals surface area contributed by atoms with Gasteiger partial charge >= 0.3 is 0 Å². The molecule has 2 rings (SSSR count). The minimum absolute atomic E-state index is 0.712.